The van der Waals surface area contributed by atoms with E-state index in [1.165, 1.54) is 5.56 Å². The van der Waals surface area contributed by atoms with Gasteiger partial charge in [0, 0.05) is 12.6 Å². The summed E-state index contributed by atoms with van der Waals surface area (Å²) in [7, 11) is 3.83. The fourth-order valence-electron chi connectivity index (χ4n) is 3.48. The molecule has 1 aliphatic rings. The van der Waals surface area contributed by atoms with Crippen molar-refractivity contribution in [2.45, 2.75) is 38.5 Å². The Kier molecular flexibility index (Phi) is 5.58. The number of aromatic nitrogens is 2. The average molecular weight is 344 g/mol. The summed E-state index contributed by atoms with van der Waals surface area (Å²) in [4.78, 5) is 19.4. The maximum atomic E-state index is 12.5. The SMILES string of the molecule is CCCCNC(=O)n1cnc2c(C3CCN(C)CC3)cc(OC)cc21. The van der Waals surface area contributed by atoms with Gasteiger partial charge in [0.2, 0.25) is 0 Å². The maximum absolute atomic E-state index is 12.5. The number of amides is 1. The number of nitrogens with zero attached hydrogens (tertiary/aromatic N) is 3. The first-order valence-corrected chi connectivity index (χ1v) is 9.15. The van der Waals surface area contributed by atoms with Crippen molar-refractivity contribution in [3.8, 4) is 5.75 Å². The Morgan fingerprint density at radius 2 is 2.12 bits per heavy atom. The fourth-order valence-corrected chi connectivity index (χ4v) is 3.48. The Morgan fingerprint density at radius 3 is 2.80 bits per heavy atom. The lowest BCUT2D eigenvalue weighted by atomic mass is 9.88. The van der Waals surface area contributed by atoms with Gasteiger partial charge < -0.3 is 15.0 Å². The van der Waals surface area contributed by atoms with Crippen molar-refractivity contribution in [1.82, 2.24) is 19.8 Å². The van der Waals surface area contributed by atoms with Crippen molar-refractivity contribution < 1.29 is 9.53 Å². The van der Waals surface area contributed by atoms with E-state index in [4.69, 9.17) is 4.74 Å². The molecule has 6 nitrogen and oxygen atoms in total. The smallest absolute Gasteiger partial charge is 0.327 e. The first-order chi connectivity index (χ1) is 12.1. The van der Waals surface area contributed by atoms with E-state index in [-0.39, 0.29) is 6.03 Å². The maximum Gasteiger partial charge on any atom is 0.327 e. The van der Waals surface area contributed by atoms with Crippen LogP contribution in [0.3, 0.4) is 0 Å². The number of hydrogen-bond donors (Lipinski definition) is 1. The van der Waals surface area contributed by atoms with Crippen LogP contribution in [0.2, 0.25) is 0 Å². The number of rotatable bonds is 5. The number of nitrogens with one attached hydrogen (secondary N) is 1. The van der Waals surface area contributed by atoms with Crippen molar-refractivity contribution in [2.75, 3.05) is 33.8 Å². The van der Waals surface area contributed by atoms with Crippen molar-refractivity contribution in [3.63, 3.8) is 0 Å². The molecule has 136 valence electrons. The fraction of sp³-hybridized carbons (Fsp3) is 0.579. The molecule has 0 bridgehead atoms. The summed E-state index contributed by atoms with van der Waals surface area (Å²) in [6, 6.07) is 3.86. The van der Waals surface area contributed by atoms with Gasteiger partial charge in [-0.3, -0.25) is 4.57 Å². The third-order valence-corrected chi connectivity index (χ3v) is 5.07. The average Bonchev–Trinajstić information content (AvgIpc) is 3.05. The van der Waals surface area contributed by atoms with E-state index in [0.29, 0.717) is 12.5 Å². The molecule has 1 fully saturated rings. The number of carbonyl (C=O) groups is 1. The lowest BCUT2D eigenvalue weighted by molar-refractivity contribution is 0.243. The third-order valence-electron chi connectivity index (χ3n) is 5.07. The Labute approximate surface area is 149 Å². The number of benzene rings is 1. The van der Waals surface area contributed by atoms with Gasteiger partial charge in [-0.25, -0.2) is 9.78 Å². The first-order valence-electron chi connectivity index (χ1n) is 9.15. The predicted octanol–water partition coefficient (Wildman–Crippen LogP) is 3.21. The molecule has 0 spiro atoms. The van der Waals surface area contributed by atoms with Gasteiger partial charge >= 0.3 is 6.03 Å². The summed E-state index contributed by atoms with van der Waals surface area (Å²) in [5.41, 5.74) is 2.94. The number of imidazole rings is 1. The van der Waals surface area contributed by atoms with Crippen LogP contribution in [0.15, 0.2) is 18.5 Å². The molecule has 3 rings (SSSR count). The molecule has 2 aromatic rings. The quantitative estimate of drug-likeness (QED) is 0.846. The molecule has 2 heterocycles. The van der Waals surface area contributed by atoms with Crippen molar-refractivity contribution in [2.24, 2.45) is 0 Å². The lowest BCUT2D eigenvalue weighted by Gasteiger charge is -2.29. The second kappa shape index (κ2) is 7.87. The Bertz CT molecular complexity index is 732. The van der Waals surface area contributed by atoms with Gasteiger partial charge in [0.15, 0.2) is 0 Å². The highest BCUT2D eigenvalue weighted by Crippen LogP contribution is 2.35. The molecule has 0 unspecified atom stereocenters. The number of fused-ring (bicyclic) bond motifs is 1. The van der Waals surface area contributed by atoms with Crippen LogP contribution in [0, 0.1) is 0 Å². The topological polar surface area (TPSA) is 59.4 Å². The van der Waals surface area contributed by atoms with Crippen LogP contribution in [-0.4, -0.2) is 54.3 Å². The van der Waals surface area contributed by atoms with Gasteiger partial charge in [-0.05, 0) is 56.9 Å². The number of likely N-dealkylation sites (tertiary alicyclic amines) is 1. The first kappa shape index (κ1) is 17.7. The number of unbranched alkanes of at least 4 members (excludes halogenated alkanes) is 1. The Morgan fingerprint density at radius 1 is 1.36 bits per heavy atom. The monoisotopic (exact) mass is 344 g/mol. The molecular weight excluding hydrogens is 316 g/mol. The van der Waals surface area contributed by atoms with Crippen LogP contribution in [0.5, 0.6) is 5.75 Å². The van der Waals surface area contributed by atoms with Crippen molar-refractivity contribution in [1.29, 1.82) is 0 Å². The number of hydrogen-bond acceptors (Lipinski definition) is 4. The van der Waals surface area contributed by atoms with E-state index in [9.17, 15) is 4.79 Å². The molecule has 0 saturated carbocycles. The zero-order valence-corrected chi connectivity index (χ0v) is 15.4. The van der Waals surface area contributed by atoms with E-state index in [2.05, 4.69) is 35.2 Å². The van der Waals surface area contributed by atoms with Crippen LogP contribution < -0.4 is 10.1 Å². The van der Waals surface area contributed by atoms with E-state index >= 15 is 0 Å². The largest absolute Gasteiger partial charge is 0.497 e. The van der Waals surface area contributed by atoms with Crippen LogP contribution in [-0.2, 0) is 0 Å². The van der Waals surface area contributed by atoms with E-state index in [1.807, 2.05) is 6.07 Å². The summed E-state index contributed by atoms with van der Waals surface area (Å²) in [5, 5.41) is 2.96. The number of ether oxygens (including phenoxy) is 1. The zero-order chi connectivity index (χ0) is 17.8. The normalized spacial score (nSPS) is 16.3. The molecule has 1 aromatic heterocycles. The third kappa shape index (κ3) is 3.79. The van der Waals surface area contributed by atoms with Gasteiger partial charge in [0.05, 0.1) is 18.1 Å². The molecule has 0 aliphatic carbocycles. The van der Waals surface area contributed by atoms with Gasteiger partial charge in [0.1, 0.15) is 12.1 Å². The van der Waals surface area contributed by atoms with E-state index < -0.39 is 0 Å². The molecule has 25 heavy (non-hydrogen) atoms. The van der Waals surface area contributed by atoms with Crippen LogP contribution in [0.1, 0.15) is 44.1 Å². The minimum Gasteiger partial charge on any atom is -0.497 e. The summed E-state index contributed by atoms with van der Waals surface area (Å²) < 4.78 is 7.10. The molecule has 1 aromatic carbocycles. The molecular formula is C19H28N4O2. The Hall–Kier alpha value is -2.08. The van der Waals surface area contributed by atoms with Crippen LogP contribution >= 0.6 is 0 Å². The lowest BCUT2D eigenvalue weighted by Crippen LogP contribution is -2.29. The highest BCUT2D eigenvalue weighted by Gasteiger charge is 2.23. The van der Waals surface area contributed by atoms with Crippen LogP contribution in [0.4, 0.5) is 4.79 Å². The second-order valence-corrected chi connectivity index (χ2v) is 6.86. The van der Waals surface area contributed by atoms with Crippen molar-refractivity contribution >= 4 is 17.1 Å². The molecule has 6 heteroatoms. The predicted molar refractivity (Wildman–Crippen MR) is 99.5 cm³/mol. The van der Waals surface area contributed by atoms with E-state index in [0.717, 1.165) is 55.6 Å². The summed E-state index contributed by atoms with van der Waals surface area (Å²) in [6.45, 7) is 4.96. The minimum absolute atomic E-state index is 0.126. The van der Waals surface area contributed by atoms with Gasteiger partial charge in [-0.15, -0.1) is 0 Å². The van der Waals surface area contributed by atoms with Gasteiger partial charge in [-0.2, -0.15) is 0 Å². The summed E-state index contributed by atoms with van der Waals surface area (Å²) >= 11 is 0. The molecule has 1 saturated heterocycles. The van der Waals surface area contributed by atoms with Crippen LogP contribution in [0.25, 0.3) is 11.0 Å². The molecule has 1 aliphatic heterocycles. The molecule has 1 N–H and O–H groups in total. The number of piperidine rings is 1. The van der Waals surface area contributed by atoms with Gasteiger partial charge in [-0.1, -0.05) is 13.3 Å². The summed E-state index contributed by atoms with van der Waals surface area (Å²) in [6.07, 6.45) is 5.87. The number of carbonyl (C=O) groups excluding carboxylic acids is 1. The molecule has 1 amide bonds. The molecule has 0 atom stereocenters. The highest BCUT2D eigenvalue weighted by atomic mass is 16.5. The minimum atomic E-state index is -0.126. The second-order valence-electron chi connectivity index (χ2n) is 6.86. The number of methoxy groups -OCH3 is 1. The van der Waals surface area contributed by atoms with Crippen molar-refractivity contribution in [3.05, 3.63) is 24.0 Å². The Balaban J connectivity index is 1.94. The van der Waals surface area contributed by atoms with E-state index in [1.54, 1.807) is 18.0 Å². The standard InChI is InChI=1S/C19H28N4O2/c1-4-5-8-20-19(24)23-13-21-18-16(11-15(25-3)12-17(18)23)14-6-9-22(2)10-7-14/h11-14H,4-10H2,1-3H3,(H,20,24). The highest BCUT2D eigenvalue weighted by molar-refractivity contribution is 5.91. The zero-order valence-electron chi connectivity index (χ0n) is 15.4. The summed E-state index contributed by atoms with van der Waals surface area (Å²) in [5.74, 6) is 1.24. The van der Waals surface area contributed by atoms with Gasteiger partial charge in [0.25, 0.3) is 0 Å². The molecule has 0 radical (unpaired) electrons.